The van der Waals surface area contributed by atoms with Crippen LogP contribution in [0.4, 0.5) is 9.18 Å². The molecular weight excluding hydrogens is 439 g/mol. The topological polar surface area (TPSA) is 85.6 Å². The Hall–Kier alpha value is -3.53. The first-order valence-corrected chi connectivity index (χ1v) is 11.3. The number of carbonyl (C=O) groups excluding carboxylic acids is 1. The highest BCUT2D eigenvalue weighted by Crippen LogP contribution is 2.32. The molecule has 3 aromatic rings. The minimum Gasteiger partial charge on any atom is -0.479 e. The Kier molecular flexibility index (Phi) is 5.91. The molecule has 0 unspecified atom stereocenters. The van der Waals surface area contributed by atoms with Crippen molar-refractivity contribution in [2.24, 2.45) is 0 Å². The van der Waals surface area contributed by atoms with E-state index >= 15 is 0 Å². The molecule has 0 spiro atoms. The van der Waals surface area contributed by atoms with E-state index in [9.17, 15) is 9.18 Å². The van der Waals surface area contributed by atoms with Crippen molar-refractivity contribution in [3.8, 4) is 22.8 Å². The number of methoxy groups -OCH3 is 1. The summed E-state index contributed by atoms with van der Waals surface area (Å²) in [6, 6.07) is 5.12. The third kappa shape index (κ3) is 3.87. The Morgan fingerprint density at radius 2 is 2.00 bits per heavy atom. The smallest absolute Gasteiger partial charge is 0.320 e. The minimum atomic E-state index is -0.545. The number of nitrogens with zero attached hydrogens (tertiary/aromatic N) is 6. The zero-order chi connectivity index (χ0) is 23.8. The number of urea groups is 1. The SMILES string of the molecule is COc1ncc(-n2nc(-c3ccnc([C@@H](C)N4CCN(C)C4=O)c3)c3c2CCOCC3)cc1F. The van der Waals surface area contributed by atoms with E-state index in [0.29, 0.717) is 44.8 Å². The van der Waals surface area contributed by atoms with Gasteiger partial charge in [0.15, 0.2) is 5.82 Å². The number of likely N-dealkylation sites (N-methyl/N-ethyl adjacent to an activating group) is 1. The lowest BCUT2D eigenvalue weighted by atomic mass is 10.0. The second-order valence-electron chi connectivity index (χ2n) is 8.53. The van der Waals surface area contributed by atoms with Gasteiger partial charge in [0, 0.05) is 49.9 Å². The summed E-state index contributed by atoms with van der Waals surface area (Å²) in [7, 11) is 3.19. The van der Waals surface area contributed by atoms with Crippen LogP contribution in [0, 0.1) is 5.82 Å². The van der Waals surface area contributed by atoms with Crippen LogP contribution < -0.4 is 4.74 Å². The molecule has 9 nitrogen and oxygen atoms in total. The number of hydrogen-bond acceptors (Lipinski definition) is 6. The lowest BCUT2D eigenvalue weighted by molar-refractivity contribution is 0.145. The summed E-state index contributed by atoms with van der Waals surface area (Å²) in [6.45, 7) is 4.51. The molecule has 0 saturated carbocycles. The zero-order valence-electron chi connectivity index (χ0n) is 19.5. The van der Waals surface area contributed by atoms with Gasteiger partial charge in [0.1, 0.15) is 0 Å². The van der Waals surface area contributed by atoms with Gasteiger partial charge in [0.25, 0.3) is 0 Å². The highest BCUT2D eigenvalue weighted by molar-refractivity contribution is 5.76. The number of carbonyl (C=O) groups is 1. The van der Waals surface area contributed by atoms with Crippen LogP contribution in [0.1, 0.15) is 29.9 Å². The molecule has 0 N–H and O–H groups in total. The number of pyridine rings is 2. The van der Waals surface area contributed by atoms with Crippen molar-refractivity contribution < 1.29 is 18.7 Å². The van der Waals surface area contributed by atoms with E-state index in [0.717, 1.165) is 28.2 Å². The zero-order valence-corrected chi connectivity index (χ0v) is 19.5. The number of halogens is 1. The summed E-state index contributed by atoms with van der Waals surface area (Å²) < 4.78 is 26.9. The molecular formula is C24H27FN6O3. The molecule has 2 amide bonds. The summed E-state index contributed by atoms with van der Waals surface area (Å²) in [5.41, 5.74) is 5.06. The number of hydrogen-bond donors (Lipinski definition) is 0. The summed E-state index contributed by atoms with van der Waals surface area (Å²) in [4.78, 5) is 24.7. The molecule has 34 heavy (non-hydrogen) atoms. The van der Waals surface area contributed by atoms with E-state index in [1.54, 1.807) is 29.0 Å². The Morgan fingerprint density at radius 3 is 2.74 bits per heavy atom. The summed E-state index contributed by atoms with van der Waals surface area (Å²) >= 11 is 0. The highest BCUT2D eigenvalue weighted by Gasteiger charge is 2.31. The largest absolute Gasteiger partial charge is 0.479 e. The number of aromatic nitrogens is 4. The van der Waals surface area contributed by atoms with Gasteiger partial charge in [-0.25, -0.2) is 18.9 Å². The number of ether oxygens (including phenoxy) is 2. The quantitative estimate of drug-likeness (QED) is 0.575. The predicted octanol–water partition coefficient (Wildman–Crippen LogP) is 3.02. The fourth-order valence-electron chi connectivity index (χ4n) is 4.59. The fraction of sp³-hybridized carbons (Fsp3) is 0.417. The van der Waals surface area contributed by atoms with Crippen molar-refractivity contribution in [1.82, 2.24) is 29.5 Å². The average Bonchev–Trinajstić information content (AvgIpc) is 3.27. The maximum atomic E-state index is 14.4. The normalized spacial score (nSPS) is 17.0. The number of rotatable bonds is 5. The number of amides is 2. The van der Waals surface area contributed by atoms with Crippen molar-refractivity contribution in [3.63, 3.8) is 0 Å². The second-order valence-corrected chi connectivity index (χ2v) is 8.53. The molecule has 2 aliphatic heterocycles. The fourth-order valence-corrected chi connectivity index (χ4v) is 4.59. The van der Waals surface area contributed by atoms with Crippen molar-refractivity contribution >= 4 is 6.03 Å². The Morgan fingerprint density at radius 1 is 1.18 bits per heavy atom. The maximum absolute atomic E-state index is 14.4. The molecule has 2 aliphatic rings. The van der Waals surface area contributed by atoms with Gasteiger partial charge in [-0.3, -0.25) is 4.98 Å². The first-order chi connectivity index (χ1) is 16.5. The molecule has 1 saturated heterocycles. The molecule has 0 aromatic carbocycles. The van der Waals surface area contributed by atoms with Gasteiger partial charge in [-0.2, -0.15) is 5.10 Å². The molecule has 10 heteroatoms. The predicted molar refractivity (Wildman–Crippen MR) is 122 cm³/mol. The summed E-state index contributed by atoms with van der Waals surface area (Å²) in [5.74, 6) is -0.601. The van der Waals surface area contributed by atoms with E-state index in [-0.39, 0.29) is 18.0 Å². The molecule has 5 heterocycles. The van der Waals surface area contributed by atoms with Crippen molar-refractivity contribution in [3.05, 3.63) is 53.4 Å². The van der Waals surface area contributed by atoms with Crippen LogP contribution in [0.5, 0.6) is 5.88 Å². The maximum Gasteiger partial charge on any atom is 0.320 e. The second kappa shape index (κ2) is 9.02. The third-order valence-electron chi connectivity index (χ3n) is 6.50. The average molecular weight is 467 g/mol. The molecule has 1 fully saturated rings. The van der Waals surface area contributed by atoms with Gasteiger partial charge >= 0.3 is 6.03 Å². The van der Waals surface area contributed by atoms with Crippen molar-refractivity contribution in [2.45, 2.75) is 25.8 Å². The van der Waals surface area contributed by atoms with E-state index in [1.807, 2.05) is 24.0 Å². The molecule has 178 valence electrons. The molecule has 0 aliphatic carbocycles. The minimum absolute atomic E-state index is 0.00373. The summed E-state index contributed by atoms with van der Waals surface area (Å²) in [6.07, 6.45) is 4.65. The molecule has 0 radical (unpaired) electrons. The highest BCUT2D eigenvalue weighted by atomic mass is 19.1. The van der Waals surface area contributed by atoms with Crippen LogP contribution in [0.15, 0.2) is 30.6 Å². The number of fused-ring (bicyclic) bond motifs is 1. The first kappa shape index (κ1) is 22.3. The van der Waals surface area contributed by atoms with Crippen LogP contribution in [0.3, 0.4) is 0 Å². The lowest BCUT2D eigenvalue weighted by Gasteiger charge is -2.23. The van der Waals surface area contributed by atoms with Gasteiger partial charge in [-0.15, -0.1) is 0 Å². The molecule has 1 atom stereocenters. The monoisotopic (exact) mass is 466 g/mol. The molecule has 3 aromatic heterocycles. The Labute approximate surface area is 197 Å². The van der Waals surface area contributed by atoms with Gasteiger partial charge < -0.3 is 19.3 Å². The molecule has 0 bridgehead atoms. The lowest BCUT2D eigenvalue weighted by Crippen LogP contribution is -2.32. The van der Waals surface area contributed by atoms with Crippen LogP contribution in [-0.4, -0.2) is 76.0 Å². The van der Waals surface area contributed by atoms with E-state index in [1.165, 1.54) is 13.2 Å². The Bertz CT molecular complexity index is 1230. The standard InChI is InChI=1S/C24H27FN6O3/c1-15(30-9-8-29(2)24(30)32)20-12-16(4-7-26-20)22-18-5-10-34-11-6-21(18)31(28-22)17-13-19(25)23(33-3)27-14-17/h4,7,12-15H,5-6,8-11H2,1-3H3/t15-/m1/s1. The van der Waals surface area contributed by atoms with Gasteiger partial charge in [-0.05, 0) is 25.5 Å². The third-order valence-corrected chi connectivity index (χ3v) is 6.50. The van der Waals surface area contributed by atoms with Crippen LogP contribution in [0.2, 0.25) is 0 Å². The Balaban J connectivity index is 1.56. The van der Waals surface area contributed by atoms with Gasteiger partial charge in [0.2, 0.25) is 5.88 Å². The van der Waals surface area contributed by atoms with Crippen LogP contribution in [-0.2, 0) is 17.6 Å². The van der Waals surface area contributed by atoms with Crippen molar-refractivity contribution in [1.29, 1.82) is 0 Å². The van der Waals surface area contributed by atoms with Crippen molar-refractivity contribution in [2.75, 3.05) is 40.5 Å². The first-order valence-electron chi connectivity index (χ1n) is 11.3. The van der Waals surface area contributed by atoms with Crippen LogP contribution in [0.25, 0.3) is 16.9 Å². The van der Waals surface area contributed by atoms with E-state index in [2.05, 4.69) is 9.97 Å². The van der Waals surface area contributed by atoms with Gasteiger partial charge in [-0.1, -0.05) is 0 Å². The summed E-state index contributed by atoms with van der Waals surface area (Å²) in [5, 5.41) is 4.89. The van der Waals surface area contributed by atoms with E-state index < -0.39 is 5.82 Å². The molecule has 5 rings (SSSR count). The van der Waals surface area contributed by atoms with Crippen LogP contribution >= 0.6 is 0 Å². The van der Waals surface area contributed by atoms with E-state index in [4.69, 9.17) is 14.6 Å². The van der Waals surface area contributed by atoms with Gasteiger partial charge in [0.05, 0.1) is 55.3 Å².